The van der Waals surface area contributed by atoms with Crippen LogP contribution in [0.25, 0.3) is 10.9 Å². The van der Waals surface area contributed by atoms with Crippen molar-refractivity contribution in [1.82, 2.24) is 9.55 Å². The number of amidine groups is 1. The molecule has 3 N–H and O–H groups in total. The first-order chi connectivity index (χ1) is 17.8. The standard InChI is InChI=1S/C28H27N5O4.ClH/c1-3-37-26(35)17-33(28(36)23-6-4-5-13-31-23)20-11-12-21-22(16-32(2)24(21)15-20)25(34)14-18-7-9-19(10-8-18)27(29)30;/h4-13,15-16H,3,14,17H2,1-2H3,(H3,29,30);1H. The lowest BCUT2D eigenvalue weighted by Gasteiger charge is -2.22. The predicted octanol–water partition coefficient (Wildman–Crippen LogP) is 3.91. The number of aromatic nitrogens is 2. The number of pyridine rings is 1. The highest BCUT2D eigenvalue weighted by Gasteiger charge is 2.24. The van der Waals surface area contributed by atoms with E-state index >= 15 is 0 Å². The molecule has 2 aromatic carbocycles. The van der Waals surface area contributed by atoms with Crippen molar-refractivity contribution < 1.29 is 19.1 Å². The Bertz CT molecular complexity index is 1480. The third kappa shape index (κ3) is 6.07. The van der Waals surface area contributed by atoms with E-state index in [9.17, 15) is 14.4 Å². The third-order valence-electron chi connectivity index (χ3n) is 5.94. The van der Waals surface area contributed by atoms with Gasteiger partial charge in [0.1, 0.15) is 18.1 Å². The Morgan fingerprint density at radius 2 is 1.82 bits per heavy atom. The minimum atomic E-state index is -0.537. The molecule has 2 heterocycles. The lowest BCUT2D eigenvalue weighted by Crippen LogP contribution is -2.37. The molecule has 0 aliphatic heterocycles. The van der Waals surface area contributed by atoms with Crippen molar-refractivity contribution in [3.05, 3.63) is 95.4 Å². The number of nitrogen functional groups attached to an aromatic ring is 1. The normalized spacial score (nSPS) is 10.5. The van der Waals surface area contributed by atoms with Crippen LogP contribution in [-0.4, -0.2) is 46.2 Å². The molecular formula is C28H28ClN5O4. The van der Waals surface area contributed by atoms with Crippen LogP contribution >= 0.6 is 12.4 Å². The smallest absolute Gasteiger partial charge is 0.326 e. The number of aryl methyl sites for hydroxylation is 1. The summed E-state index contributed by atoms with van der Waals surface area (Å²) in [6, 6.07) is 17.3. The van der Waals surface area contributed by atoms with Crippen molar-refractivity contribution in [3.8, 4) is 0 Å². The molecule has 10 heteroatoms. The molecule has 0 radical (unpaired) electrons. The minimum absolute atomic E-state index is 0. The van der Waals surface area contributed by atoms with Gasteiger partial charge in [-0.2, -0.15) is 0 Å². The van der Waals surface area contributed by atoms with Crippen molar-refractivity contribution in [2.45, 2.75) is 13.3 Å². The summed E-state index contributed by atoms with van der Waals surface area (Å²) in [5.41, 5.74) is 8.88. The highest BCUT2D eigenvalue weighted by atomic mass is 35.5. The summed E-state index contributed by atoms with van der Waals surface area (Å²) in [5.74, 6) is -1.07. The first-order valence-corrected chi connectivity index (χ1v) is 11.7. The number of anilines is 1. The number of benzene rings is 2. The second-order valence-corrected chi connectivity index (χ2v) is 8.48. The molecule has 196 valence electrons. The second kappa shape index (κ2) is 12.2. The van der Waals surface area contributed by atoms with Gasteiger partial charge in [0.15, 0.2) is 5.78 Å². The molecule has 1 amide bonds. The number of nitrogens with zero attached hydrogens (tertiary/aromatic N) is 3. The number of nitrogens with two attached hydrogens (primary N) is 1. The lowest BCUT2D eigenvalue weighted by atomic mass is 10.0. The Labute approximate surface area is 226 Å². The molecule has 0 fully saturated rings. The predicted molar refractivity (Wildman–Crippen MR) is 148 cm³/mol. The van der Waals surface area contributed by atoms with Crippen molar-refractivity contribution in [1.29, 1.82) is 5.41 Å². The third-order valence-corrected chi connectivity index (χ3v) is 5.94. The zero-order chi connectivity index (χ0) is 26.5. The Kier molecular flexibility index (Phi) is 8.98. The topological polar surface area (TPSA) is 131 Å². The van der Waals surface area contributed by atoms with Crippen LogP contribution in [0.3, 0.4) is 0 Å². The van der Waals surface area contributed by atoms with Crippen LogP contribution in [0.1, 0.15) is 38.9 Å². The number of hydrogen-bond donors (Lipinski definition) is 2. The molecule has 0 aliphatic carbocycles. The maximum absolute atomic E-state index is 13.3. The average molecular weight is 534 g/mol. The summed E-state index contributed by atoms with van der Waals surface area (Å²) in [4.78, 5) is 44.2. The number of esters is 1. The first-order valence-electron chi connectivity index (χ1n) is 11.7. The minimum Gasteiger partial charge on any atom is -0.465 e. The quantitative estimate of drug-likeness (QED) is 0.145. The van der Waals surface area contributed by atoms with Gasteiger partial charge in [0.2, 0.25) is 0 Å². The van der Waals surface area contributed by atoms with Crippen molar-refractivity contribution in [2.24, 2.45) is 12.8 Å². The maximum atomic E-state index is 13.3. The van der Waals surface area contributed by atoms with E-state index in [0.29, 0.717) is 16.8 Å². The number of ketones is 1. The molecule has 0 bridgehead atoms. The maximum Gasteiger partial charge on any atom is 0.326 e. The largest absolute Gasteiger partial charge is 0.465 e. The van der Waals surface area contributed by atoms with Gasteiger partial charge in [-0.1, -0.05) is 36.4 Å². The number of amides is 1. The van der Waals surface area contributed by atoms with Crippen LogP contribution < -0.4 is 10.6 Å². The number of nitrogens with one attached hydrogen (secondary N) is 1. The monoisotopic (exact) mass is 533 g/mol. The van der Waals surface area contributed by atoms with Gasteiger partial charge in [-0.05, 0) is 36.8 Å². The van der Waals surface area contributed by atoms with Gasteiger partial charge in [-0.3, -0.25) is 29.7 Å². The first kappa shape index (κ1) is 28.1. The van der Waals surface area contributed by atoms with Crippen LogP contribution in [0.4, 0.5) is 5.69 Å². The summed E-state index contributed by atoms with van der Waals surface area (Å²) in [6.07, 6.45) is 3.46. The van der Waals surface area contributed by atoms with Gasteiger partial charge in [0.05, 0.1) is 12.1 Å². The number of carbonyl (C=O) groups is 3. The Morgan fingerprint density at radius 3 is 2.45 bits per heavy atom. The fourth-order valence-electron chi connectivity index (χ4n) is 4.09. The van der Waals surface area contributed by atoms with E-state index in [2.05, 4.69) is 4.98 Å². The van der Waals surface area contributed by atoms with Gasteiger partial charge in [0.25, 0.3) is 5.91 Å². The van der Waals surface area contributed by atoms with E-state index in [1.807, 2.05) is 11.6 Å². The Morgan fingerprint density at radius 1 is 1.08 bits per heavy atom. The zero-order valence-electron chi connectivity index (χ0n) is 21.0. The summed E-state index contributed by atoms with van der Waals surface area (Å²) in [5, 5.41) is 8.24. The van der Waals surface area contributed by atoms with Crippen LogP contribution in [0.2, 0.25) is 0 Å². The van der Waals surface area contributed by atoms with Gasteiger partial charge >= 0.3 is 5.97 Å². The van der Waals surface area contributed by atoms with E-state index in [4.69, 9.17) is 15.9 Å². The number of Topliss-reactive ketones (excluding diaryl/α,β-unsaturated/α-hetero) is 1. The molecule has 4 rings (SSSR count). The summed E-state index contributed by atoms with van der Waals surface area (Å²) in [7, 11) is 1.82. The van der Waals surface area contributed by atoms with E-state index in [1.165, 1.54) is 11.1 Å². The molecule has 38 heavy (non-hydrogen) atoms. The molecule has 0 saturated heterocycles. The van der Waals surface area contributed by atoms with Crippen LogP contribution in [0.15, 0.2) is 73.1 Å². The average Bonchev–Trinajstić information content (AvgIpc) is 3.23. The van der Waals surface area contributed by atoms with Gasteiger partial charge in [-0.15, -0.1) is 12.4 Å². The van der Waals surface area contributed by atoms with Crippen LogP contribution in [0, 0.1) is 5.41 Å². The van der Waals surface area contributed by atoms with Crippen molar-refractivity contribution in [3.63, 3.8) is 0 Å². The molecule has 0 aliphatic rings. The summed E-state index contributed by atoms with van der Waals surface area (Å²) < 4.78 is 6.90. The molecule has 0 saturated carbocycles. The number of ether oxygens (including phenoxy) is 1. The van der Waals surface area contributed by atoms with Gasteiger partial charge in [0, 0.05) is 48.1 Å². The van der Waals surface area contributed by atoms with Crippen LogP contribution in [0.5, 0.6) is 0 Å². The highest BCUT2D eigenvalue weighted by Crippen LogP contribution is 2.28. The van der Waals surface area contributed by atoms with Crippen LogP contribution in [-0.2, 0) is 23.0 Å². The van der Waals surface area contributed by atoms with E-state index in [0.717, 1.165) is 16.5 Å². The molecule has 9 nitrogen and oxygen atoms in total. The summed E-state index contributed by atoms with van der Waals surface area (Å²) >= 11 is 0. The Hall–Kier alpha value is -4.50. The number of fused-ring (bicyclic) bond motifs is 1. The molecular weight excluding hydrogens is 506 g/mol. The lowest BCUT2D eigenvalue weighted by molar-refractivity contribution is -0.141. The van der Waals surface area contributed by atoms with Crippen molar-refractivity contribution in [2.75, 3.05) is 18.1 Å². The zero-order valence-corrected chi connectivity index (χ0v) is 21.8. The van der Waals surface area contributed by atoms with Gasteiger partial charge < -0.3 is 15.0 Å². The van der Waals surface area contributed by atoms with E-state index in [-0.39, 0.29) is 49.3 Å². The number of rotatable bonds is 9. The molecule has 2 aromatic heterocycles. The highest BCUT2D eigenvalue weighted by molar-refractivity contribution is 6.11. The SMILES string of the molecule is CCOC(=O)CN(C(=O)c1ccccn1)c1ccc2c(C(=O)Cc3ccc(C(=N)N)cc3)cn(C)c2c1.Cl. The second-order valence-electron chi connectivity index (χ2n) is 8.48. The van der Waals surface area contributed by atoms with E-state index < -0.39 is 11.9 Å². The number of carbonyl (C=O) groups excluding carboxylic acids is 3. The van der Waals surface area contributed by atoms with Crippen molar-refractivity contribution >= 4 is 52.5 Å². The molecule has 0 spiro atoms. The fourth-order valence-corrected chi connectivity index (χ4v) is 4.09. The summed E-state index contributed by atoms with van der Waals surface area (Å²) in [6.45, 7) is 1.63. The molecule has 0 atom stereocenters. The van der Waals surface area contributed by atoms with Gasteiger partial charge in [-0.25, -0.2) is 0 Å². The molecule has 0 unspecified atom stereocenters. The number of halogens is 1. The number of hydrogen-bond acceptors (Lipinski definition) is 6. The Balaban J connectivity index is 0.00000400. The fraction of sp³-hybridized carbons (Fsp3) is 0.179. The van der Waals surface area contributed by atoms with E-state index in [1.54, 1.807) is 73.8 Å². The molecule has 4 aromatic rings.